The van der Waals surface area contributed by atoms with Gasteiger partial charge in [-0.2, -0.15) is 0 Å². The first kappa shape index (κ1) is 12.2. The molecule has 2 nitrogen and oxygen atoms in total. The lowest BCUT2D eigenvalue weighted by atomic mass is 9.86. The van der Waals surface area contributed by atoms with Gasteiger partial charge in [-0.15, -0.1) is 0 Å². The number of hydrazine groups is 1. The van der Waals surface area contributed by atoms with Crippen LogP contribution in [-0.4, -0.2) is 0 Å². The average molecular weight is 206 g/mol. The van der Waals surface area contributed by atoms with E-state index in [4.69, 9.17) is 5.84 Å². The highest BCUT2D eigenvalue weighted by atomic mass is 15.2. The first-order valence-electron chi connectivity index (χ1n) is 5.55. The molecule has 0 spiro atoms. The van der Waals surface area contributed by atoms with Crippen molar-refractivity contribution in [1.82, 2.24) is 5.43 Å². The van der Waals surface area contributed by atoms with Crippen LogP contribution in [0.15, 0.2) is 24.3 Å². The van der Waals surface area contributed by atoms with Gasteiger partial charge in [0.2, 0.25) is 0 Å². The lowest BCUT2D eigenvalue weighted by Gasteiger charge is -2.20. The summed E-state index contributed by atoms with van der Waals surface area (Å²) in [5.41, 5.74) is 5.66. The average Bonchev–Trinajstić information content (AvgIpc) is 2.19. The van der Waals surface area contributed by atoms with Crippen LogP contribution in [0.5, 0.6) is 0 Å². The Bertz CT molecular complexity index is 291. The zero-order valence-corrected chi connectivity index (χ0v) is 10.2. The minimum atomic E-state index is 0.219. The Morgan fingerprint density at radius 3 is 2.07 bits per heavy atom. The minimum absolute atomic E-state index is 0.219. The minimum Gasteiger partial charge on any atom is -0.271 e. The topological polar surface area (TPSA) is 38.0 Å². The molecule has 15 heavy (non-hydrogen) atoms. The number of nitrogens with one attached hydrogen (secondary N) is 1. The fourth-order valence-corrected chi connectivity index (χ4v) is 1.67. The first-order chi connectivity index (χ1) is 6.99. The van der Waals surface area contributed by atoms with Crippen molar-refractivity contribution in [3.8, 4) is 0 Å². The third-order valence-electron chi connectivity index (χ3n) is 2.79. The molecule has 3 N–H and O–H groups in total. The standard InChI is InChI=1S/C13H22N2/c1-5-12(15-14)10-6-8-11(9-7-10)13(2,3)4/h6-9,12,15H,5,14H2,1-4H3/t12-/m1/s1. The van der Waals surface area contributed by atoms with Gasteiger partial charge >= 0.3 is 0 Å². The van der Waals surface area contributed by atoms with Crippen LogP contribution < -0.4 is 11.3 Å². The Kier molecular flexibility index (Phi) is 3.89. The molecule has 0 heterocycles. The van der Waals surface area contributed by atoms with Gasteiger partial charge in [0.15, 0.2) is 0 Å². The largest absolute Gasteiger partial charge is 0.271 e. The molecule has 2 heteroatoms. The predicted octanol–water partition coefficient (Wildman–Crippen LogP) is 2.90. The molecular weight excluding hydrogens is 184 g/mol. The van der Waals surface area contributed by atoms with E-state index in [0.29, 0.717) is 0 Å². The van der Waals surface area contributed by atoms with E-state index in [9.17, 15) is 0 Å². The van der Waals surface area contributed by atoms with Crippen molar-refractivity contribution in [2.45, 2.75) is 45.6 Å². The lowest BCUT2D eigenvalue weighted by molar-refractivity contribution is 0.537. The summed E-state index contributed by atoms with van der Waals surface area (Å²) in [6, 6.07) is 8.97. The monoisotopic (exact) mass is 206 g/mol. The van der Waals surface area contributed by atoms with Crippen molar-refractivity contribution < 1.29 is 0 Å². The maximum absolute atomic E-state index is 5.49. The van der Waals surface area contributed by atoms with Crippen molar-refractivity contribution in [3.63, 3.8) is 0 Å². The lowest BCUT2D eigenvalue weighted by Crippen LogP contribution is -2.27. The Balaban J connectivity index is 2.89. The Morgan fingerprint density at radius 1 is 1.20 bits per heavy atom. The summed E-state index contributed by atoms with van der Waals surface area (Å²) in [5.74, 6) is 5.49. The van der Waals surface area contributed by atoms with E-state index < -0.39 is 0 Å². The number of hydrogen-bond acceptors (Lipinski definition) is 2. The van der Waals surface area contributed by atoms with Crippen LogP contribution in [-0.2, 0) is 5.41 Å². The summed E-state index contributed by atoms with van der Waals surface area (Å²) >= 11 is 0. The van der Waals surface area contributed by atoms with Crippen molar-refractivity contribution in [2.24, 2.45) is 5.84 Å². The second-order valence-electron chi connectivity index (χ2n) is 5.00. The summed E-state index contributed by atoms with van der Waals surface area (Å²) in [5, 5.41) is 0. The van der Waals surface area contributed by atoms with Gasteiger partial charge in [0.1, 0.15) is 0 Å². The molecule has 0 aliphatic heterocycles. The smallest absolute Gasteiger partial charge is 0.0457 e. The third kappa shape index (κ3) is 3.05. The molecule has 0 fully saturated rings. The molecule has 0 saturated carbocycles. The van der Waals surface area contributed by atoms with Gasteiger partial charge in [-0.1, -0.05) is 52.0 Å². The van der Waals surface area contributed by atoms with E-state index in [-0.39, 0.29) is 11.5 Å². The van der Waals surface area contributed by atoms with Crippen molar-refractivity contribution >= 4 is 0 Å². The van der Waals surface area contributed by atoms with Gasteiger partial charge in [-0.05, 0) is 23.0 Å². The maximum Gasteiger partial charge on any atom is 0.0457 e. The fourth-order valence-electron chi connectivity index (χ4n) is 1.67. The van der Waals surface area contributed by atoms with E-state index in [1.807, 2.05) is 0 Å². The van der Waals surface area contributed by atoms with Crippen molar-refractivity contribution in [1.29, 1.82) is 0 Å². The molecule has 0 saturated heterocycles. The molecule has 0 radical (unpaired) electrons. The summed E-state index contributed by atoms with van der Waals surface area (Å²) < 4.78 is 0. The summed E-state index contributed by atoms with van der Waals surface area (Å²) in [6.07, 6.45) is 1.01. The van der Waals surface area contributed by atoms with Gasteiger partial charge in [0, 0.05) is 6.04 Å². The highest BCUT2D eigenvalue weighted by molar-refractivity contribution is 5.29. The van der Waals surface area contributed by atoms with Gasteiger partial charge < -0.3 is 0 Å². The van der Waals surface area contributed by atoms with Crippen LogP contribution in [0.3, 0.4) is 0 Å². The van der Waals surface area contributed by atoms with E-state index in [1.54, 1.807) is 0 Å². The Labute approximate surface area is 92.8 Å². The molecule has 0 aromatic heterocycles. The van der Waals surface area contributed by atoms with Crippen molar-refractivity contribution in [3.05, 3.63) is 35.4 Å². The molecule has 1 aromatic rings. The van der Waals surface area contributed by atoms with Crippen LogP contribution in [0.2, 0.25) is 0 Å². The third-order valence-corrected chi connectivity index (χ3v) is 2.79. The van der Waals surface area contributed by atoms with E-state index in [1.165, 1.54) is 11.1 Å². The highest BCUT2D eigenvalue weighted by Gasteiger charge is 2.14. The number of hydrogen-bond donors (Lipinski definition) is 2. The fraction of sp³-hybridized carbons (Fsp3) is 0.538. The molecule has 0 bridgehead atoms. The summed E-state index contributed by atoms with van der Waals surface area (Å²) in [6.45, 7) is 8.80. The first-order valence-corrected chi connectivity index (χ1v) is 5.55. The molecule has 0 aliphatic rings. The van der Waals surface area contributed by atoms with Crippen LogP contribution in [0, 0.1) is 0 Å². The molecule has 84 valence electrons. The Morgan fingerprint density at radius 2 is 1.73 bits per heavy atom. The maximum atomic E-state index is 5.49. The number of rotatable bonds is 3. The zero-order valence-electron chi connectivity index (χ0n) is 10.2. The van der Waals surface area contributed by atoms with Gasteiger partial charge in [0.25, 0.3) is 0 Å². The molecule has 0 unspecified atom stereocenters. The normalized spacial score (nSPS) is 13.9. The Hall–Kier alpha value is -0.860. The zero-order chi connectivity index (χ0) is 11.5. The van der Waals surface area contributed by atoms with Crippen LogP contribution in [0.4, 0.5) is 0 Å². The molecule has 1 rings (SSSR count). The quantitative estimate of drug-likeness (QED) is 0.589. The number of nitrogens with two attached hydrogens (primary N) is 1. The van der Waals surface area contributed by atoms with Gasteiger partial charge in [-0.25, -0.2) is 0 Å². The molecular formula is C13H22N2. The number of benzene rings is 1. The molecule has 0 aliphatic carbocycles. The molecule has 0 amide bonds. The van der Waals surface area contributed by atoms with E-state index >= 15 is 0 Å². The van der Waals surface area contributed by atoms with Crippen LogP contribution in [0.1, 0.15) is 51.3 Å². The molecule has 1 aromatic carbocycles. The van der Waals surface area contributed by atoms with Crippen LogP contribution >= 0.6 is 0 Å². The van der Waals surface area contributed by atoms with Crippen LogP contribution in [0.25, 0.3) is 0 Å². The van der Waals surface area contributed by atoms with E-state index in [0.717, 1.165) is 6.42 Å². The van der Waals surface area contributed by atoms with Gasteiger partial charge in [-0.3, -0.25) is 11.3 Å². The van der Waals surface area contributed by atoms with Gasteiger partial charge in [0.05, 0.1) is 0 Å². The second-order valence-corrected chi connectivity index (χ2v) is 5.00. The predicted molar refractivity (Wildman–Crippen MR) is 65.5 cm³/mol. The SMILES string of the molecule is CC[C@@H](NN)c1ccc(C(C)(C)C)cc1. The second kappa shape index (κ2) is 4.77. The molecule has 1 atom stereocenters. The van der Waals surface area contributed by atoms with E-state index in [2.05, 4.69) is 57.4 Å². The summed E-state index contributed by atoms with van der Waals surface area (Å²) in [4.78, 5) is 0. The summed E-state index contributed by atoms with van der Waals surface area (Å²) in [7, 11) is 0. The van der Waals surface area contributed by atoms with Crippen molar-refractivity contribution in [2.75, 3.05) is 0 Å². The highest BCUT2D eigenvalue weighted by Crippen LogP contribution is 2.24.